The topological polar surface area (TPSA) is 166 Å². The van der Waals surface area contributed by atoms with Crippen molar-refractivity contribution < 1.29 is 23.1 Å². The van der Waals surface area contributed by atoms with Crippen molar-refractivity contribution in [1.29, 1.82) is 5.26 Å². The van der Waals surface area contributed by atoms with Gasteiger partial charge >= 0.3 is 0 Å². The number of primary sulfonamides is 1. The van der Waals surface area contributed by atoms with Crippen LogP contribution in [-0.4, -0.2) is 60.5 Å². The molecule has 1 aliphatic rings. The molecule has 2 aromatic rings. The SMILES string of the molecule is CC(C)(O)CNC(=O)c1nc(C(=O)N2CCCC(C#N)C2)c(-c2ccc(S(N)(=O)=O)c(Cl)c2Cl)s1. The van der Waals surface area contributed by atoms with Gasteiger partial charge < -0.3 is 15.3 Å². The molecule has 1 aromatic carbocycles. The van der Waals surface area contributed by atoms with E-state index in [-0.39, 0.29) is 55.1 Å². The molecular weight excluding hydrogens is 537 g/mol. The first-order chi connectivity index (χ1) is 16.2. The van der Waals surface area contributed by atoms with E-state index in [1.54, 1.807) is 0 Å². The van der Waals surface area contributed by atoms with Crippen LogP contribution >= 0.6 is 34.5 Å². The number of amides is 2. The summed E-state index contributed by atoms with van der Waals surface area (Å²) in [5, 5.41) is 26.4. The Hall–Kier alpha value is -2.27. The fraction of sp³-hybridized carbons (Fsp3) is 0.429. The van der Waals surface area contributed by atoms with Crippen molar-refractivity contribution in [3.05, 3.63) is 32.9 Å². The lowest BCUT2D eigenvalue weighted by molar-refractivity contribution is 0.0685. The summed E-state index contributed by atoms with van der Waals surface area (Å²) in [6.07, 6.45) is 1.31. The molecule has 0 radical (unpaired) electrons. The molecule has 10 nitrogen and oxygen atoms in total. The maximum atomic E-state index is 13.4. The zero-order valence-electron chi connectivity index (χ0n) is 18.8. The van der Waals surface area contributed by atoms with Crippen LogP contribution in [0.25, 0.3) is 10.4 Å². The molecule has 2 heterocycles. The van der Waals surface area contributed by atoms with Crippen LogP contribution in [0.1, 0.15) is 47.0 Å². The lowest BCUT2D eigenvalue weighted by atomic mass is 9.99. The number of hydrogen-bond donors (Lipinski definition) is 3. The Balaban J connectivity index is 2.10. The monoisotopic (exact) mass is 559 g/mol. The Morgan fingerprint density at radius 1 is 1.37 bits per heavy atom. The van der Waals surface area contributed by atoms with Crippen molar-refractivity contribution in [2.75, 3.05) is 19.6 Å². The highest BCUT2D eigenvalue weighted by molar-refractivity contribution is 7.89. The van der Waals surface area contributed by atoms with Crippen LogP contribution in [0.2, 0.25) is 10.0 Å². The molecule has 1 aliphatic heterocycles. The first-order valence-electron chi connectivity index (χ1n) is 10.4. The van der Waals surface area contributed by atoms with Gasteiger partial charge in [-0.15, -0.1) is 11.3 Å². The van der Waals surface area contributed by atoms with E-state index in [0.29, 0.717) is 19.4 Å². The summed E-state index contributed by atoms with van der Waals surface area (Å²) in [6, 6.07) is 4.67. The highest BCUT2D eigenvalue weighted by Gasteiger charge is 2.31. The minimum Gasteiger partial charge on any atom is -0.389 e. The molecule has 3 rings (SSSR count). The molecule has 1 unspecified atom stereocenters. The van der Waals surface area contributed by atoms with Gasteiger partial charge in [-0.05, 0) is 32.8 Å². The summed E-state index contributed by atoms with van der Waals surface area (Å²) in [6.45, 7) is 3.60. The number of nitrogens with one attached hydrogen (secondary N) is 1. The maximum absolute atomic E-state index is 13.4. The number of benzene rings is 1. The van der Waals surface area contributed by atoms with E-state index in [1.807, 2.05) is 0 Å². The Bertz CT molecular complexity index is 1310. The number of hydrogen-bond acceptors (Lipinski definition) is 8. The smallest absolute Gasteiger partial charge is 0.280 e. The molecule has 188 valence electrons. The number of sulfonamides is 1. The first-order valence-corrected chi connectivity index (χ1v) is 13.6. The second-order valence-electron chi connectivity index (χ2n) is 8.70. The van der Waals surface area contributed by atoms with E-state index in [9.17, 15) is 28.4 Å². The van der Waals surface area contributed by atoms with Crippen molar-refractivity contribution in [3.8, 4) is 16.5 Å². The molecule has 2 amide bonds. The highest BCUT2D eigenvalue weighted by Crippen LogP contribution is 2.41. The number of halogens is 2. The van der Waals surface area contributed by atoms with Crippen LogP contribution in [0.15, 0.2) is 17.0 Å². The molecule has 1 saturated heterocycles. The molecule has 0 aliphatic carbocycles. The zero-order valence-corrected chi connectivity index (χ0v) is 22.0. The minimum absolute atomic E-state index is 0.0599. The summed E-state index contributed by atoms with van der Waals surface area (Å²) in [4.78, 5) is 31.7. The Labute approximate surface area is 216 Å². The third-order valence-corrected chi connectivity index (χ3v) is 8.23. The molecule has 0 spiro atoms. The summed E-state index contributed by atoms with van der Waals surface area (Å²) >= 11 is 13.4. The molecule has 1 aromatic heterocycles. The van der Waals surface area contributed by atoms with Gasteiger partial charge in [0.2, 0.25) is 10.0 Å². The van der Waals surface area contributed by atoms with Crippen LogP contribution in [0, 0.1) is 17.2 Å². The van der Waals surface area contributed by atoms with E-state index in [0.717, 1.165) is 17.4 Å². The van der Waals surface area contributed by atoms with E-state index in [1.165, 1.54) is 24.8 Å². The number of nitriles is 1. The van der Waals surface area contributed by atoms with Gasteiger partial charge in [0, 0.05) is 25.2 Å². The van der Waals surface area contributed by atoms with Gasteiger partial charge in [-0.3, -0.25) is 9.59 Å². The standard InChI is InChI=1S/C21H23Cl2N5O5S2/c1-21(2,31)10-26-18(29)19-27-16(20(30)28-7-3-4-11(8-24)9-28)17(34-19)12-5-6-13(35(25,32)33)15(23)14(12)22/h5-6,11,31H,3-4,7,9-10H2,1-2H3,(H,26,29)(H2,25,32,33). The number of rotatable bonds is 6. The number of nitrogens with zero attached hydrogens (tertiary/aromatic N) is 3. The lowest BCUT2D eigenvalue weighted by Crippen LogP contribution is -2.40. The zero-order chi connectivity index (χ0) is 26.1. The molecule has 0 saturated carbocycles. The van der Waals surface area contributed by atoms with Gasteiger partial charge in [0.1, 0.15) is 10.6 Å². The molecule has 14 heteroatoms. The molecular formula is C21H23Cl2N5O5S2. The van der Waals surface area contributed by atoms with Crippen LogP contribution < -0.4 is 10.5 Å². The fourth-order valence-electron chi connectivity index (χ4n) is 3.46. The summed E-state index contributed by atoms with van der Waals surface area (Å²) < 4.78 is 23.6. The number of carbonyl (C=O) groups excluding carboxylic acids is 2. The van der Waals surface area contributed by atoms with Gasteiger partial charge in [0.25, 0.3) is 11.8 Å². The summed E-state index contributed by atoms with van der Waals surface area (Å²) in [5.41, 5.74) is -1.06. The van der Waals surface area contributed by atoms with Crippen LogP contribution in [0.5, 0.6) is 0 Å². The number of likely N-dealkylation sites (tertiary alicyclic amines) is 1. The average molecular weight is 560 g/mol. The van der Waals surface area contributed by atoms with Crippen LogP contribution in [0.3, 0.4) is 0 Å². The summed E-state index contributed by atoms with van der Waals surface area (Å²) in [5.74, 6) is -1.44. The minimum atomic E-state index is -4.16. The van der Waals surface area contributed by atoms with Gasteiger partial charge in [-0.1, -0.05) is 29.3 Å². The van der Waals surface area contributed by atoms with E-state index < -0.39 is 27.4 Å². The molecule has 1 fully saturated rings. The normalized spacial score (nSPS) is 16.6. The number of thiazole rings is 1. The number of carbonyl (C=O) groups is 2. The predicted molar refractivity (Wildman–Crippen MR) is 132 cm³/mol. The van der Waals surface area contributed by atoms with Gasteiger partial charge in [0.05, 0.1) is 32.5 Å². The molecule has 0 bridgehead atoms. The van der Waals surface area contributed by atoms with Crippen LogP contribution in [0.4, 0.5) is 0 Å². The third-order valence-electron chi connectivity index (χ3n) is 5.19. The Morgan fingerprint density at radius 3 is 2.66 bits per heavy atom. The highest BCUT2D eigenvalue weighted by atomic mass is 35.5. The molecule has 35 heavy (non-hydrogen) atoms. The van der Waals surface area contributed by atoms with Gasteiger partial charge in [0.15, 0.2) is 5.01 Å². The number of aromatic nitrogens is 1. The Kier molecular flexibility index (Phi) is 8.10. The number of nitrogens with two attached hydrogens (primary N) is 1. The van der Waals surface area contributed by atoms with Crippen molar-refractivity contribution >= 4 is 56.4 Å². The van der Waals surface area contributed by atoms with Crippen molar-refractivity contribution in [2.45, 2.75) is 37.2 Å². The lowest BCUT2D eigenvalue weighted by Gasteiger charge is -2.29. The predicted octanol–water partition coefficient (Wildman–Crippen LogP) is 2.64. The first kappa shape index (κ1) is 27.3. The molecule has 4 N–H and O–H groups in total. The second-order valence-corrected chi connectivity index (χ2v) is 12.0. The van der Waals surface area contributed by atoms with Crippen molar-refractivity contribution in [2.24, 2.45) is 11.1 Å². The van der Waals surface area contributed by atoms with E-state index in [2.05, 4.69) is 16.4 Å². The average Bonchev–Trinajstić information content (AvgIpc) is 3.22. The third kappa shape index (κ3) is 6.30. The summed E-state index contributed by atoms with van der Waals surface area (Å²) in [7, 11) is -4.16. The van der Waals surface area contributed by atoms with Crippen LogP contribution in [-0.2, 0) is 10.0 Å². The van der Waals surface area contributed by atoms with E-state index in [4.69, 9.17) is 28.3 Å². The van der Waals surface area contributed by atoms with Crippen molar-refractivity contribution in [1.82, 2.24) is 15.2 Å². The van der Waals surface area contributed by atoms with Crippen molar-refractivity contribution in [3.63, 3.8) is 0 Å². The van der Waals surface area contributed by atoms with Gasteiger partial charge in [-0.2, -0.15) is 5.26 Å². The van der Waals surface area contributed by atoms with E-state index >= 15 is 0 Å². The number of aliphatic hydroxyl groups is 1. The molecule has 1 atom stereocenters. The number of piperidine rings is 1. The maximum Gasteiger partial charge on any atom is 0.280 e. The second kappa shape index (κ2) is 10.4. The quantitative estimate of drug-likeness (QED) is 0.488. The largest absolute Gasteiger partial charge is 0.389 e. The fourth-order valence-corrected chi connectivity index (χ4v) is 5.93. The van der Waals surface area contributed by atoms with Gasteiger partial charge in [-0.25, -0.2) is 18.5 Å². The Morgan fingerprint density at radius 2 is 2.06 bits per heavy atom.